The molecule has 1 unspecified atom stereocenters. The summed E-state index contributed by atoms with van der Waals surface area (Å²) in [6, 6.07) is 0. The molecule has 82 valence electrons. The molecule has 0 radical (unpaired) electrons. The summed E-state index contributed by atoms with van der Waals surface area (Å²) >= 11 is 0. The molecule has 1 fully saturated rings. The molecule has 1 saturated carbocycles. The molecule has 0 aromatic carbocycles. The summed E-state index contributed by atoms with van der Waals surface area (Å²) < 4.78 is 0. The monoisotopic (exact) mass is 199 g/mol. The van der Waals surface area contributed by atoms with Crippen LogP contribution < -0.4 is 5.32 Å². The van der Waals surface area contributed by atoms with Gasteiger partial charge in [0.25, 0.3) is 0 Å². The van der Waals surface area contributed by atoms with Crippen LogP contribution in [0.2, 0.25) is 0 Å². The Kier molecular flexibility index (Phi) is 3.20. The van der Waals surface area contributed by atoms with Gasteiger partial charge >= 0.3 is 5.97 Å². The van der Waals surface area contributed by atoms with Crippen molar-refractivity contribution in [3.8, 4) is 0 Å². The summed E-state index contributed by atoms with van der Waals surface area (Å²) in [5.41, 5.74) is 0.141. The molecule has 0 aromatic rings. The fourth-order valence-corrected chi connectivity index (χ4v) is 2.70. The van der Waals surface area contributed by atoms with Gasteiger partial charge in [-0.1, -0.05) is 20.8 Å². The minimum absolute atomic E-state index is 0.149. The van der Waals surface area contributed by atoms with Crippen molar-refractivity contribution >= 4 is 5.97 Å². The Balaban J connectivity index is 2.69. The molecule has 2 N–H and O–H groups in total. The van der Waals surface area contributed by atoms with Gasteiger partial charge in [0.15, 0.2) is 0 Å². The van der Waals surface area contributed by atoms with Crippen LogP contribution in [0.4, 0.5) is 0 Å². The summed E-state index contributed by atoms with van der Waals surface area (Å²) in [5.74, 6) is -0.691. The molecule has 1 rings (SSSR count). The van der Waals surface area contributed by atoms with Gasteiger partial charge in [-0.25, -0.2) is 0 Å². The number of hydrogen-bond donors (Lipinski definition) is 2. The van der Waals surface area contributed by atoms with Crippen molar-refractivity contribution in [1.82, 2.24) is 5.32 Å². The van der Waals surface area contributed by atoms with Crippen molar-refractivity contribution < 1.29 is 9.90 Å². The van der Waals surface area contributed by atoms with Gasteiger partial charge in [0.1, 0.15) is 0 Å². The van der Waals surface area contributed by atoms with Crippen LogP contribution in [-0.4, -0.2) is 23.2 Å². The molecule has 1 aliphatic carbocycles. The van der Waals surface area contributed by atoms with Gasteiger partial charge in [0.2, 0.25) is 0 Å². The first-order valence-corrected chi connectivity index (χ1v) is 5.36. The predicted molar refractivity (Wildman–Crippen MR) is 56.3 cm³/mol. The highest BCUT2D eigenvalue weighted by molar-refractivity contribution is 5.68. The van der Waals surface area contributed by atoms with E-state index in [4.69, 9.17) is 5.11 Å². The molecular weight excluding hydrogens is 178 g/mol. The van der Waals surface area contributed by atoms with Crippen LogP contribution >= 0.6 is 0 Å². The number of carboxylic acid groups (broad SMARTS) is 1. The van der Waals surface area contributed by atoms with Crippen LogP contribution in [0.15, 0.2) is 0 Å². The number of nitrogens with one attached hydrogen (secondary N) is 1. The molecule has 0 bridgehead atoms. The predicted octanol–water partition coefficient (Wildman–Crippen LogP) is 2.02. The Bertz CT molecular complexity index is 225. The molecule has 0 aliphatic heterocycles. The van der Waals surface area contributed by atoms with E-state index in [0.29, 0.717) is 0 Å². The van der Waals surface area contributed by atoms with Crippen molar-refractivity contribution in [3.05, 3.63) is 0 Å². The molecule has 0 aromatic heterocycles. The van der Waals surface area contributed by atoms with E-state index in [0.717, 1.165) is 25.8 Å². The number of aliphatic carboxylic acids is 1. The fraction of sp³-hybridized carbons (Fsp3) is 0.909. The highest BCUT2D eigenvalue weighted by Gasteiger charge is 2.43. The number of carbonyl (C=O) groups is 1. The van der Waals surface area contributed by atoms with Crippen molar-refractivity contribution in [2.75, 3.05) is 6.54 Å². The number of carboxylic acids is 1. The van der Waals surface area contributed by atoms with Crippen LogP contribution in [-0.2, 0) is 4.79 Å². The molecule has 3 nitrogen and oxygen atoms in total. The standard InChI is InChI=1S/C11H21NO2/c1-4-12-11(7-9(13)14)6-5-10(2,3)8-11/h12H,4-8H2,1-3H3,(H,13,14). The first-order valence-electron chi connectivity index (χ1n) is 5.36. The van der Waals surface area contributed by atoms with Crippen molar-refractivity contribution in [2.24, 2.45) is 5.41 Å². The minimum Gasteiger partial charge on any atom is -0.481 e. The lowest BCUT2D eigenvalue weighted by Crippen LogP contribution is -2.45. The molecule has 0 heterocycles. The molecule has 14 heavy (non-hydrogen) atoms. The second-order valence-electron chi connectivity index (χ2n) is 5.22. The lowest BCUT2D eigenvalue weighted by Gasteiger charge is -2.30. The molecular formula is C11H21NO2. The van der Waals surface area contributed by atoms with Gasteiger partial charge in [-0.2, -0.15) is 0 Å². The Hall–Kier alpha value is -0.570. The van der Waals surface area contributed by atoms with E-state index in [2.05, 4.69) is 19.2 Å². The molecule has 1 atom stereocenters. The number of hydrogen-bond acceptors (Lipinski definition) is 2. The highest BCUT2D eigenvalue weighted by atomic mass is 16.4. The number of rotatable bonds is 4. The Morgan fingerprint density at radius 3 is 2.43 bits per heavy atom. The first kappa shape index (κ1) is 11.5. The van der Waals surface area contributed by atoms with E-state index in [9.17, 15) is 4.79 Å². The lowest BCUT2D eigenvalue weighted by atomic mass is 9.86. The van der Waals surface area contributed by atoms with Crippen molar-refractivity contribution in [3.63, 3.8) is 0 Å². The first-order chi connectivity index (χ1) is 6.39. The SMILES string of the molecule is CCNC1(CC(=O)O)CCC(C)(C)C1. The van der Waals surface area contributed by atoms with Crippen molar-refractivity contribution in [2.45, 2.75) is 52.0 Å². The van der Waals surface area contributed by atoms with E-state index >= 15 is 0 Å². The Labute approximate surface area is 85.9 Å². The summed E-state index contributed by atoms with van der Waals surface area (Å²) in [5, 5.41) is 12.3. The second kappa shape index (κ2) is 3.89. The molecule has 1 aliphatic rings. The van der Waals surface area contributed by atoms with E-state index in [1.165, 1.54) is 0 Å². The van der Waals surface area contributed by atoms with E-state index < -0.39 is 5.97 Å². The van der Waals surface area contributed by atoms with Gasteiger partial charge in [-0.05, 0) is 31.2 Å². The van der Waals surface area contributed by atoms with E-state index in [1.807, 2.05) is 6.92 Å². The van der Waals surface area contributed by atoms with Crippen LogP contribution in [0.3, 0.4) is 0 Å². The third-order valence-electron chi connectivity index (χ3n) is 3.14. The second-order valence-corrected chi connectivity index (χ2v) is 5.22. The third-order valence-corrected chi connectivity index (χ3v) is 3.14. The molecule has 0 spiro atoms. The van der Waals surface area contributed by atoms with Gasteiger partial charge in [-0.15, -0.1) is 0 Å². The van der Waals surface area contributed by atoms with Crippen LogP contribution in [0.1, 0.15) is 46.5 Å². The lowest BCUT2D eigenvalue weighted by molar-refractivity contribution is -0.138. The van der Waals surface area contributed by atoms with Crippen LogP contribution in [0, 0.1) is 5.41 Å². The van der Waals surface area contributed by atoms with Crippen molar-refractivity contribution in [1.29, 1.82) is 0 Å². The fourth-order valence-electron chi connectivity index (χ4n) is 2.70. The van der Waals surface area contributed by atoms with Gasteiger partial charge in [0, 0.05) is 5.54 Å². The summed E-state index contributed by atoms with van der Waals surface area (Å²) in [6.45, 7) is 7.32. The van der Waals surface area contributed by atoms with Gasteiger partial charge < -0.3 is 10.4 Å². The molecule has 3 heteroatoms. The topological polar surface area (TPSA) is 49.3 Å². The minimum atomic E-state index is -0.691. The average Bonchev–Trinajstić information content (AvgIpc) is 2.26. The molecule has 0 amide bonds. The zero-order valence-electron chi connectivity index (χ0n) is 9.39. The van der Waals surface area contributed by atoms with Crippen LogP contribution in [0.5, 0.6) is 0 Å². The largest absolute Gasteiger partial charge is 0.481 e. The normalized spacial score (nSPS) is 30.5. The maximum Gasteiger partial charge on any atom is 0.305 e. The Morgan fingerprint density at radius 1 is 1.43 bits per heavy atom. The van der Waals surface area contributed by atoms with E-state index in [-0.39, 0.29) is 17.4 Å². The van der Waals surface area contributed by atoms with Gasteiger partial charge in [0.05, 0.1) is 6.42 Å². The maximum absolute atomic E-state index is 10.8. The van der Waals surface area contributed by atoms with E-state index in [1.54, 1.807) is 0 Å². The van der Waals surface area contributed by atoms with Crippen LogP contribution in [0.25, 0.3) is 0 Å². The summed E-state index contributed by atoms with van der Waals surface area (Å²) in [7, 11) is 0. The quantitative estimate of drug-likeness (QED) is 0.728. The highest BCUT2D eigenvalue weighted by Crippen LogP contribution is 2.45. The zero-order valence-corrected chi connectivity index (χ0v) is 9.39. The Morgan fingerprint density at radius 2 is 2.07 bits per heavy atom. The summed E-state index contributed by atoms with van der Waals surface area (Å²) in [4.78, 5) is 10.8. The molecule has 0 saturated heterocycles. The summed E-state index contributed by atoms with van der Waals surface area (Å²) in [6.07, 6.45) is 3.33. The van der Waals surface area contributed by atoms with Gasteiger partial charge in [-0.3, -0.25) is 4.79 Å². The smallest absolute Gasteiger partial charge is 0.305 e. The average molecular weight is 199 g/mol. The third kappa shape index (κ3) is 2.71. The zero-order chi connectivity index (χ0) is 10.8. The maximum atomic E-state index is 10.8.